The fraction of sp³-hybridized carbons (Fsp3) is 0.125. The Balaban J connectivity index is 1.80. The summed E-state index contributed by atoms with van der Waals surface area (Å²) in [6, 6.07) is 6.21. The van der Waals surface area contributed by atoms with Crippen LogP contribution in [0.25, 0.3) is 5.65 Å². The molecule has 0 bridgehead atoms. The van der Waals surface area contributed by atoms with Gasteiger partial charge in [-0.05, 0) is 19.1 Å². The summed E-state index contributed by atoms with van der Waals surface area (Å²) >= 11 is 0.567. The van der Waals surface area contributed by atoms with Crippen LogP contribution in [0, 0.1) is 5.13 Å². The third kappa shape index (κ3) is 3.70. The maximum absolute atomic E-state index is 13.6. The quantitative estimate of drug-likeness (QED) is 0.729. The van der Waals surface area contributed by atoms with Crippen molar-refractivity contribution >= 4 is 39.9 Å². The second-order valence-electron chi connectivity index (χ2n) is 5.01. The third-order valence-corrected chi connectivity index (χ3v) is 4.10. The van der Waals surface area contributed by atoms with Crippen LogP contribution >= 0.6 is 11.3 Å². The number of amides is 3. The van der Waals surface area contributed by atoms with Crippen LogP contribution in [0.3, 0.4) is 0 Å². The molecule has 0 aliphatic carbocycles. The lowest BCUT2D eigenvalue weighted by molar-refractivity contribution is 0.0926. The number of imidazole rings is 1. The number of nitrogens with one attached hydrogen (secondary N) is 2. The summed E-state index contributed by atoms with van der Waals surface area (Å²) in [7, 11) is 0. The number of aromatic nitrogens is 2. The van der Waals surface area contributed by atoms with E-state index in [1.165, 1.54) is 6.20 Å². The highest BCUT2D eigenvalue weighted by atomic mass is 32.1. The number of alkyl carbamates (subject to hydrolysis) is 1. The average molecular weight is 376 g/mol. The zero-order valence-electron chi connectivity index (χ0n) is 13.5. The van der Waals surface area contributed by atoms with Crippen molar-refractivity contribution in [1.29, 1.82) is 0 Å². The minimum atomic E-state index is -0.957. The van der Waals surface area contributed by atoms with E-state index >= 15 is 0 Å². The molecule has 8 nitrogen and oxygen atoms in total. The molecule has 0 radical (unpaired) electrons. The van der Waals surface area contributed by atoms with Crippen LogP contribution in [0.1, 0.15) is 27.8 Å². The molecular formula is C16H13FN4O4S. The van der Waals surface area contributed by atoms with Gasteiger partial charge in [0.05, 0.1) is 12.2 Å². The Morgan fingerprint density at radius 3 is 2.85 bits per heavy atom. The Bertz CT molecular complexity index is 964. The lowest BCUT2D eigenvalue weighted by Crippen LogP contribution is -2.31. The molecule has 3 amide bonds. The summed E-state index contributed by atoms with van der Waals surface area (Å²) in [6.07, 6.45) is 2.27. The highest BCUT2D eigenvalue weighted by Gasteiger charge is 2.21. The van der Waals surface area contributed by atoms with Gasteiger partial charge in [-0.1, -0.05) is 17.4 Å². The van der Waals surface area contributed by atoms with Gasteiger partial charge >= 0.3 is 6.09 Å². The minimum absolute atomic E-state index is 0.0358. The number of ether oxygens (including phenoxy) is 1. The molecule has 26 heavy (non-hydrogen) atoms. The molecule has 0 spiro atoms. The van der Waals surface area contributed by atoms with E-state index in [1.54, 1.807) is 35.7 Å². The number of halogens is 1. The van der Waals surface area contributed by atoms with Crippen molar-refractivity contribution in [2.24, 2.45) is 0 Å². The fourth-order valence-corrected chi connectivity index (χ4v) is 2.94. The summed E-state index contributed by atoms with van der Waals surface area (Å²) in [5, 5.41) is 3.67. The van der Waals surface area contributed by atoms with Gasteiger partial charge in [0.2, 0.25) is 0 Å². The van der Waals surface area contributed by atoms with Crippen molar-refractivity contribution in [2.75, 3.05) is 11.9 Å². The second-order valence-corrected chi connectivity index (χ2v) is 6.02. The molecule has 10 heteroatoms. The predicted molar refractivity (Wildman–Crippen MR) is 91.9 cm³/mol. The number of hydrogen-bond acceptors (Lipinski definition) is 6. The molecule has 134 valence electrons. The van der Waals surface area contributed by atoms with Crippen molar-refractivity contribution in [3.63, 3.8) is 0 Å². The fourth-order valence-electron chi connectivity index (χ4n) is 2.16. The van der Waals surface area contributed by atoms with E-state index in [1.807, 2.05) is 5.32 Å². The van der Waals surface area contributed by atoms with Crippen molar-refractivity contribution < 1.29 is 23.5 Å². The zero-order chi connectivity index (χ0) is 18.7. The van der Waals surface area contributed by atoms with E-state index in [0.29, 0.717) is 17.0 Å². The van der Waals surface area contributed by atoms with Crippen molar-refractivity contribution in [3.05, 3.63) is 53.0 Å². The number of carbonyl (C=O) groups excluding carboxylic acids is 3. The number of fused-ring (bicyclic) bond motifs is 1. The van der Waals surface area contributed by atoms with Gasteiger partial charge in [-0.25, -0.2) is 9.78 Å². The molecule has 0 aromatic carbocycles. The minimum Gasteiger partial charge on any atom is -0.450 e. The van der Waals surface area contributed by atoms with Crippen LogP contribution in [-0.2, 0) is 4.74 Å². The Labute approximate surface area is 150 Å². The Morgan fingerprint density at radius 2 is 2.12 bits per heavy atom. The largest absolute Gasteiger partial charge is 0.450 e. The summed E-state index contributed by atoms with van der Waals surface area (Å²) in [5.74, 6) is -1.49. The van der Waals surface area contributed by atoms with E-state index in [2.05, 4.69) is 15.0 Å². The number of carbonyl (C=O) groups is 3. The normalized spacial score (nSPS) is 10.5. The maximum Gasteiger partial charge on any atom is 0.414 e. The van der Waals surface area contributed by atoms with Crippen LogP contribution in [-0.4, -0.2) is 33.9 Å². The first-order valence-corrected chi connectivity index (χ1v) is 8.32. The Morgan fingerprint density at radius 1 is 1.31 bits per heavy atom. The molecule has 0 saturated heterocycles. The number of pyridine rings is 1. The lowest BCUT2D eigenvalue weighted by Gasteiger charge is -2.05. The monoisotopic (exact) mass is 376 g/mol. The molecular weight excluding hydrogens is 363 g/mol. The summed E-state index contributed by atoms with van der Waals surface area (Å²) in [6.45, 7) is 1.66. The lowest BCUT2D eigenvalue weighted by atomic mass is 10.3. The molecule has 0 saturated carbocycles. The van der Waals surface area contributed by atoms with Gasteiger partial charge in [0.1, 0.15) is 16.3 Å². The van der Waals surface area contributed by atoms with Crippen LogP contribution < -0.4 is 10.6 Å². The number of nitrogens with zero attached hydrogens (tertiary/aromatic N) is 2. The highest BCUT2D eigenvalue weighted by Crippen LogP contribution is 2.27. The van der Waals surface area contributed by atoms with Crippen molar-refractivity contribution in [3.8, 4) is 0 Å². The summed E-state index contributed by atoms with van der Waals surface area (Å²) < 4.78 is 19.9. The van der Waals surface area contributed by atoms with Crippen LogP contribution in [0.15, 0.2) is 36.7 Å². The van der Waals surface area contributed by atoms with Gasteiger partial charge < -0.3 is 14.5 Å². The number of thiophene rings is 1. The van der Waals surface area contributed by atoms with E-state index < -0.39 is 23.0 Å². The predicted octanol–water partition coefficient (Wildman–Crippen LogP) is 2.67. The molecule has 0 unspecified atom stereocenters. The standard InChI is InChI=1S/C16H13FN4O4S/c1-2-25-16(24)20-13(22)9-7-11(17)26-15(9)19-14(23)10-8-21-6-4-3-5-12(21)18-10/h3-8H,2H2,1H3,(H,19,23)(H,20,22,24). The van der Waals surface area contributed by atoms with E-state index in [0.717, 1.165) is 6.07 Å². The summed E-state index contributed by atoms with van der Waals surface area (Å²) in [4.78, 5) is 39.9. The number of rotatable bonds is 4. The topological polar surface area (TPSA) is 102 Å². The van der Waals surface area contributed by atoms with Crippen LogP contribution in [0.5, 0.6) is 0 Å². The zero-order valence-corrected chi connectivity index (χ0v) is 14.3. The molecule has 0 aliphatic rings. The molecule has 0 atom stereocenters. The van der Waals surface area contributed by atoms with E-state index in [9.17, 15) is 18.8 Å². The first kappa shape index (κ1) is 17.5. The molecule has 3 aromatic rings. The van der Waals surface area contributed by atoms with E-state index in [-0.39, 0.29) is 22.9 Å². The van der Waals surface area contributed by atoms with Gasteiger partial charge in [0.25, 0.3) is 11.8 Å². The number of imide groups is 1. The van der Waals surface area contributed by atoms with Gasteiger partial charge in [-0.2, -0.15) is 4.39 Å². The maximum atomic E-state index is 13.6. The second kappa shape index (κ2) is 7.31. The van der Waals surface area contributed by atoms with Crippen LogP contribution in [0.4, 0.5) is 14.2 Å². The molecule has 2 N–H and O–H groups in total. The molecule has 3 heterocycles. The van der Waals surface area contributed by atoms with Gasteiger partial charge in [0, 0.05) is 18.5 Å². The van der Waals surface area contributed by atoms with Gasteiger partial charge in [-0.15, -0.1) is 0 Å². The number of anilines is 1. The van der Waals surface area contributed by atoms with Crippen molar-refractivity contribution in [2.45, 2.75) is 6.92 Å². The van der Waals surface area contributed by atoms with Gasteiger partial charge in [-0.3, -0.25) is 14.9 Å². The highest BCUT2D eigenvalue weighted by molar-refractivity contribution is 7.15. The molecule has 0 aliphatic heterocycles. The van der Waals surface area contributed by atoms with Gasteiger partial charge in [0.15, 0.2) is 5.13 Å². The first-order chi connectivity index (χ1) is 12.5. The number of hydrogen-bond donors (Lipinski definition) is 2. The van der Waals surface area contributed by atoms with E-state index in [4.69, 9.17) is 0 Å². The molecule has 3 aromatic heterocycles. The van der Waals surface area contributed by atoms with Crippen LogP contribution in [0.2, 0.25) is 0 Å². The SMILES string of the molecule is CCOC(=O)NC(=O)c1cc(F)sc1NC(=O)c1cn2ccccc2n1. The molecule has 0 fully saturated rings. The third-order valence-electron chi connectivity index (χ3n) is 3.26. The molecule has 3 rings (SSSR count). The smallest absolute Gasteiger partial charge is 0.414 e. The average Bonchev–Trinajstić information content (AvgIpc) is 3.18. The van der Waals surface area contributed by atoms with Crippen molar-refractivity contribution in [1.82, 2.24) is 14.7 Å². The first-order valence-electron chi connectivity index (χ1n) is 7.50. The Hall–Kier alpha value is -3.27. The Kier molecular flexibility index (Phi) is 4.94. The summed E-state index contributed by atoms with van der Waals surface area (Å²) in [5.41, 5.74) is 0.481.